The lowest BCUT2D eigenvalue weighted by Crippen LogP contribution is -2.67. The maximum atomic E-state index is 13.8. The summed E-state index contributed by atoms with van der Waals surface area (Å²) in [5.41, 5.74) is 3.66. The highest BCUT2D eigenvalue weighted by Gasteiger charge is 2.57. The molecule has 2 heterocycles. The minimum Gasteiger partial charge on any atom is -0.307 e. The molecule has 0 atom stereocenters. The Kier molecular flexibility index (Phi) is 7.77. The van der Waals surface area contributed by atoms with Crippen molar-refractivity contribution in [2.24, 2.45) is 28.9 Å². The molecule has 8 nitrogen and oxygen atoms in total. The van der Waals surface area contributed by atoms with Crippen molar-refractivity contribution in [1.29, 1.82) is 0 Å². The molecule has 2 aliphatic heterocycles. The molecule has 0 bridgehead atoms. The van der Waals surface area contributed by atoms with Crippen molar-refractivity contribution >= 4 is 11.8 Å². The minimum absolute atomic E-state index is 0.0948. The zero-order valence-corrected chi connectivity index (χ0v) is 21.6. The number of hydrogen-bond donors (Lipinski definition) is 6. The molecule has 2 aliphatic rings. The van der Waals surface area contributed by atoms with Crippen molar-refractivity contribution in [3.05, 3.63) is 0 Å². The highest BCUT2D eigenvalue weighted by atomic mass is 16.2. The van der Waals surface area contributed by atoms with Gasteiger partial charge in [0.1, 0.15) is 0 Å². The van der Waals surface area contributed by atoms with Crippen LogP contribution in [0.1, 0.15) is 100 Å². The second-order valence-corrected chi connectivity index (χ2v) is 12.9. The zero-order valence-electron chi connectivity index (χ0n) is 21.6. The van der Waals surface area contributed by atoms with Crippen LogP contribution in [0.15, 0.2) is 0 Å². The highest BCUT2D eigenvalue weighted by Crippen LogP contribution is 2.55. The van der Waals surface area contributed by atoms with Crippen LogP contribution in [0.25, 0.3) is 0 Å². The topological polar surface area (TPSA) is 134 Å². The van der Waals surface area contributed by atoms with Crippen molar-refractivity contribution < 1.29 is 9.59 Å². The maximum absolute atomic E-state index is 13.8. The van der Waals surface area contributed by atoms with E-state index < -0.39 is 5.41 Å². The van der Waals surface area contributed by atoms with Gasteiger partial charge in [0.15, 0.2) is 0 Å². The summed E-state index contributed by atoms with van der Waals surface area (Å²) < 4.78 is 0. The van der Waals surface area contributed by atoms with Gasteiger partial charge in [-0.05, 0) is 106 Å². The van der Waals surface area contributed by atoms with Gasteiger partial charge in [-0.1, -0.05) is 0 Å². The minimum atomic E-state index is -0.670. The van der Waals surface area contributed by atoms with Gasteiger partial charge in [0.2, 0.25) is 11.8 Å². The molecule has 8 N–H and O–H groups in total. The van der Waals surface area contributed by atoms with Gasteiger partial charge in [0.25, 0.3) is 0 Å². The summed E-state index contributed by atoms with van der Waals surface area (Å²) in [5.74, 6) is 11.2. The van der Waals surface area contributed by atoms with Crippen LogP contribution in [0.3, 0.4) is 0 Å². The van der Waals surface area contributed by atoms with Gasteiger partial charge in [-0.2, -0.15) is 0 Å². The molecule has 0 aromatic heterocycles. The third kappa shape index (κ3) is 6.22. The number of carbonyl (C=O) groups excluding carboxylic acids is 2. The summed E-state index contributed by atoms with van der Waals surface area (Å²) in [6.07, 6.45) is 4.99. The average molecular weight is 453 g/mol. The fourth-order valence-electron chi connectivity index (χ4n) is 7.35. The lowest BCUT2D eigenvalue weighted by molar-refractivity contribution is -0.148. The molecule has 2 fully saturated rings. The smallest absolute Gasteiger partial charge is 0.240 e. The largest absolute Gasteiger partial charge is 0.307 e. The Balaban J connectivity index is 2.58. The molecular formula is C24H48N6O2. The number of nitrogens with one attached hydrogen (secondary N) is 4. The van der Waals surface area contributed by atoms with Crippen LogP contribution in [0, 0.1) is 17.3 Å². The Bertz CT molecular complexity index is 631. The summed E-state index contributed by atoms with van der Waals surface area (Å²) in [5, 5.41) is 7.51. The molecule has 0 aromatic rings. The highest BCUT2D eigenvalue weighted by molar-refractivity contribution is 5.83. The lowest BCUT2D eigenvalue weighted by atomic mass is 9.52. The third-order valence-electron chi connectivity index (χ3n) is 7.55. The van der Waals surface area contributed by atoms with Crippen LogP contribution in [0.2, 0.25) is 0 Å². The number of rotatable bonds is 7. The molecule has 186 valence electrons. The SMILES string of the molecule is CC1(C)CC(C(CCCC(=O)NN)(C(=O)NN)C2CC(C)(C)NC(C)(C)C2)CC(C)(C)N1. The Morgan fingerprint density at radius 1 is 0.781 bits per heavy atom. The van der Waals surface area contributed by atoms with E-state index in [2.05, 4.69) is 76.9 Å². The number of hydrogen-bond acceptors (Lipinski definition) is 6. The van der Waals surface area contributed by atoms with E-state index in [1.54, 1.807) is 0 Å². The number of hydrazine groups is 2. The van der Waals surface area contributed by atoms with Gasteiger partial charge in [-0.3, -0.25) is 20.4 Å². The van der Waals surface area contributed by atoms with Crippen molar-refractivity contribution in [3.8, 4) is 0 Å². The third-order valence-corrected chi connectivity index (χ3v) is 7.55. The van der Waals surface area contributed by atoms with Gasteiger partial charge in [-0.25, -0.2) is 11.7 Å². The standard InChI is InChI=1S/C24H48N6O2/c1-20(2)12-16(13-21(3,4)29-20)24(19(32)28-26,11-9-10-18(31)27-25)17-14-22(5,6)30-23(7,8)15-17/h16-17,29-30H,9-15,25-26H2,1-8H3,(H,27,31)(H,28,32). The van der Waals surface area contributed by atoms with Gasteiger partial charge in [-0.15, -0.1) is 0 Å². The second kappa shape index (κ2) is 9.20. The first kappa shape index (κ1) is 27.0. The van der Waals surface area contributed by atoms with Crippen molar-refractivity contribution in [2.45, 2.75) is 122 Å². The van der Waals surface area contributed by atoms with Crippen LogP contribution in [0.4, 0.5) is 0 Å². The predicted octanol–water partition coefficient (Wildman–Crippen LogP) is 2.24. The Hall–Kier alpha value is -1.22. The van der Waals surface area contributed by atoms with Crippen LogP contribution in [-0.4, -0.2) is 34.0 Å². The molecule has 2 rings (SSSR count). The van der Waals surface area contributed by atoms with E-state index in [0.29, 0.717) is 19.3 Å². The molecule has 0 aliphatic carbocycles. The molecule has 0 saturated carbocycles. The van der Waals surface area contributed by atoms with Crippen LogP contribution in [-0.2, 0) is 9.59 Å². The molecule has 32 heavy (non-hydrogen) atoms. The Morgan fingerprint density at radius 3 is 1.47 bits per heavy atom. The van der Waals surface area contributed by atoms with Gasteiger partial charge >= 0.3 is 0 Å². The van der Waals surface area contributed by atoms with Crippen molar-refractivity contribution in [1.82, 2.24) is 21.5 Å². The molecular weight excluding hydrogens is 404 g/mol. The molecule has 2 amide bonds. The number of piperidine rings is 2. The van der Waals surface area contributed by atoms with Crippen LogP contribution >= 0.6 is 0 Å². The number of amides is 2. The van der Waals surface area contributed by atoms with E-state index >= 15 is 0 Å². The van der Waals surface area contributed by atoms with Crippen LogP contribution in [0.5, 0.6) is 0 Å². The van der Waals surface area contributed by atoms with Crippen LogP contribution < -0.4 is 33.2 Å². The van der Waals surface area contributed by atoms with E-state index in [9.17, 15) is 9.59 Å². The van der Waals surface area contributed by atoms with E-state index in [-0.39, 0.29) is 45.8 Å². The number of nitrogens with two attached hydrogens (primary N) is 2. The van der Waals surface area contributed by atoms with Gasteiger partial charge in [0, 0.05) is 28.6 Å². The first-order valence-corrected chi connectivity index (χ1v) is 12.1. The van der Waals surface area contributed by atoms with Crippen molar-refractivity contribution in [3.63, 3.8) is 0 Å². The maximum Gasteiger partial charge on any atom is 0.240 e. The molecule has 0 unspecified atom stereocenters. The summed E-state index contributed by atoms with van der Waals surface area (Å²) in [6, 6.07) is 0. The van der Waals surface area contributed by atoms with E-state index in [1.807, 2.05) is 0 Å². The molecule has 8 heteroatoms. The normalized spacial score (nSPS) is 25.2. The summed E-state index contributed by atoms with van der Waals surface area (Å²) in [6.45, 7) is 17.7. The summed E-state index contributed by atoms with van der Waals surface area (Å²) in [7, 11) is 0. The molecule has 2 saturated heterocycles. The fourth-order valence-corrected chi connectivity index (χ4v) is 7.35. The Labute approximate surface area is 194 Å². The van der Waals surface area contributed by atoms with E-state index in [4.69, 9.17) is 11.7 Å². The van der Waals surface area contributed by atoms with Crippen molar-refractivity contribution in [2.75, 3.05) is 0 Å². The average Bonchev–Trinajstić information content (AvgIpc) is 2.59. The van der Waals surface area contributed by atoms with Gasteiger partial charge in [0.05, 0.1) is 5.41 Å². The first-order valence-electron chi connectivity index (χ1n) is 12.1. The molecule has 0 spiro atoms. The Morgan fingerprint density at radius 2 is 1.16 bits per heavy atom. The van der Waals surface area contributed by atoms with Gasteiger partial charge < -0.3 is 10.6 Å². The summed E-state index contributed by atoms with van der Waals surface area (Å²) in [4.78, 5) is 25.7. The second-order valence-electron chi connectivity index (χ2n) is 12.9. The molecule has 0 aromatic carbocycles. The number of carbonyl (C=O) groups is 2. The predicted molar refractivity (Wildman–Crippen MR) is 129 cm³/mol. The monoisotopic (exact) mass is 452 g/mol. The zero-order chi connectivity index (χ0) is 24.6. The lowest BCUT2D eigenvalue weighted by Gasteiger charge is -2.58. The quantitative estimate of drug-likeness (QED) is 0.199. The molecule has 0 radical (unpaired) electrons. The fraction of sp³-hybridized carbons (Fsp3) is 0.917. The summed E-state index contributed by atoms with van der Waals surface area (Å²) >= 11 is 0. The van der Waals surface area contributed by atoms with E-state index in [0.717, 1.165) is 25.7 Å². The first-order chi connectivity index (χ1) is 14.5. The van der Waals surface area contributed by atoms with E-state index in [1.165, 1.54) is 0 Å².